The normalized spacial score (nSPS) is 24.3. The molecule has 8 heteroatoms. The molecule has 0 saturated carbocycles. The zero-order chi connectivity index (χ0) is 20.7. The van der Waals surface area contributed by atoms with Crippen LogP contribution in [0.3, 0.4) is 0 Å². The van der Waals surface area contributed by atoms with Gasteiger partial charge < -0.3 is 19.4 Å². The first kappa shape index (κ1) is 21.1. The molecule has 154 valence electrons. The van der Waals surface area contributed by atoms with Gasteiger partial charge in [-0.1, -0.05) is 0 Å². The summed E-state index contributed by atoms with van der Waals surface area (Å²) in [4.78, 5) is 19.0. The predicted molar refractivity (Wildman–Crippen MR) is 109 cm³/mol. The van der Waals surface area contributed by atoms with Crippen molar-refractivity contribution in [3.05, 3.63) is 24.0 Å². The minimum Gasteiger partial charge on any atom is -0.444 e. The Morgan fingerprint density at radius 3 is 2.54 bits per heavy atom. The second-order valence-electron chi connectivity index (χ2n) is 9.50. The van der Waals surface area contributed by atoms with Crippen molar-refractivity contribution < 1.29 is 18.8 Å². The Hall–Kier alpha value is -1.64. The van der Waals surface area contributed by atoms with Gasteiger partial charge in [0, 0.05) is 25.8 Å². The topological polar surface area (TPSA) is 72.9 Å². The van der Waals surface area contributed by atoms with E-state index in [0.29, 0.717) is 13.1 Å². The molecule has 0 bridgehead atoms. The Balaban J connectivity index is 1.83. The van der Waals surface area contributed by atoms with Crippen LogP contribution in [0.5, 0.6) is 0 Å². The lowest BCUT2D eigenvalue weighted by molar-refractivity contribution is 0.00578. The van der Waals surface area contributed by atoms with Crippen LogP contribution in [-0.4, -0.2) is 59.5 Å². The monoisotopic (exact) mass is 389 g/mol. The number of nitrogens with one attached hydrogen (secondary N) is 1. The minimum absolute atomic E-state index is 0.203. The van der Waals surface area contributed by atoms with E-state index in [0.717, 1.165) is 17.7 Å². The highest BCUT2D eigenvalue weighted by atomic mass is 16.7. The largest absolute Gasteiger partial charge is 0.494 e. The maximum atomic E-state index is 12.7. The Bertz CT molecular complexity index is 716. The van der Waals surface area contributed by atoms with E-state index in [1.54, 1.807) is 11.1 Å². The molecule has 1 unspecified atom stereocenters. The molecule has 0 aromatic carbocycles. The molecular formula is C20H32BN3O4. The molecule has 7 nitrogen and oxygen atoms in total. The molecule has 2 aliphatic rings. The van der Waals surface area contributed by atoms with Crippen molar-refractivity contribution in [1.82, 2.24) is 15.2 Å². The maximum Gasteiger partial charge on any atom is 0.494 e. The molecule has 2 aliphatic heterocycles. The first-order chi connectivity index (χ1) is 12.9. The highest BCUT2D eigenvalue weighted by molar-refractivity contribution is 6.62. The predicted octanol–water partition coefficient (Wildman–Crippen LogP) is 2.26. The van der Waals surface area contributed by atoms with Gasteiger partial charge in [0.25, 0.3) is 0 Å². The van der Waals surface area contributed by atoms with Crippen molar-refractivity contribution in [1.29, 1.82) is 0 Å². The van der Waals surface area contributed by atoms with Gasteiger partial charge in [-0.15, -0.1) is 0 Å². The van der Waals surface area contributed by atoms with E-state index in [-0.39, 0.29) is 12.1 Å². The molecule has 0 radical (unpaired) electrons. The zero-order valence-electron chi connectivity index (χ0n) is 18.0. The summed E-state index contributed by atoms with van der Waals surface area (Å²) in [7, 11) is -0.460. The molecule has 2 fully saturated rings. The highest BCUT2D eigenvalue weighted by Crippen LogP contribution is 2.36. The Labute approximate surface area is 168 Å². The lowest BCUT2D eigenvalue weighted by atomic mass is 9.79. The van der Waals surface area contributed by atoms with Gasteiger partial charge >= 0.3 is 13.2 Å². The van der Waals surface area contributed by atoms with E-state index in [9.17, 15) is 4.79 Å². The number of nitrogens with zero attached hydrogens (tertiary/aromatic N) is 2. The smallest absolute Gasteiger partial charge is 0.444 e. The van der Waals surface area contributed by atoms with Crippen LogP contribution in [0, 0.1) is 0 Å². The molecular weight excluding hydrogens is 357 g/mol. The van der Waals surface area contributed by atoms with E-state index in [1.165, 1.54) is 0 Å². The van der Waals surface area contributed by atoms with Crippen LogP contribution in [-0.2, 0) is 14.0 Å². The number of rotatable bonds is 2. The van der Waals surface area contributed by atoms with Crippen molar-refractivity contribution in [3.63, 3.8) is 0 Å². The molecule has 1 aromatic rings. The molecule has 2 saturated heterocycles. The SMILES string of the molecule is CC(C)(C)OC(=O)N1CCNCC1c1cc(B2OC(C)(C)C(C)(C)O2)ccn1. The van der Waals surface area contributed by atoms with Gasteiger partial charge in [0.05, 0.1) is 22.9 Å². The number of carbonyl (C=O) groups is 1. The Kier molecular flexibility index (Phi) is 5.51. The average molecular weight is 389 g/mol. The molecule has 1 atom stereocenters. The summed E-state index contributed by atoms with van der Waals surface area (Å²) >= 11 is 0. The third-order valence-corrected chi connectivity index (χ3v) is 5.54. The number of piperazine rings is 1. The molecule has 28 heavy (non-hydrogen) atoms. The number of hydrogen-bond acceptors (Lipinski definition) is 6. The number of hydrogen-bond donors (Lipinski definition) is 1. The standard InChI is InChI=1S/C20H32BN3O4/c1-18(2,3)26-17(25)24-11-10-22-13-16(24)15-12-14(8-9-23-15)21-27-19(4,5)20(6,7)28-21/h8-9,12,16,22H,10-11,13H2,1-7H3. The number of carbonyl (C=O) groups excluding carboxylic acids is 1. The molecule has 1 aromatic heterocycles. The fourth-order valence-electron chi connectivity index (χ4n) is 3.28. The first-order valence-corrected chi connectivity index (χ1v) is 9.91. The third kappa shape index (κ3) is 4.34. The van der Waals surface area contributed by atoms with Gasteiger partial charge in [0.1, 0.15) is 5.60 Å². The maximum absolute atomic E-state index is 12.7. The number of ether oxygens (including phenoxy) is 1. The lowest BCUT2D eigenvalue weighted by Gasteiger charge is -2.36. The van der Waals surface area contributed by atoms with Crippen molar-refractivity contribution in [3.8, 4) is 0 Å². The number of pyridine rings is 1. The second-order valence-corrected chi connectivity index (χ2v) is 9.50. The van der Waals surface area contributed by atoms with E-state index in [2.05, 4.69) is 10.3 Å². The summed E-state index contributed by atoms with van der Waals surface area (Å²) < 4.78 is 17.9. The summed E-state index contributed by atoms with van der Waals surface area (Å²) in [5.41, 5.74) is 0.347. The fourth-order valence-corrected chi connectivity index (χ4v) is 3.28. The van der Waals surface area contributed by atoms with Crippen molar-refractivity contribution in [2.45, 2.75) is 71.3 Å². The molecule has 0 spiro atoms. The van der Waals surface area contributed by atoms with Crippen LogP contribution in [0.4, 0.5) is 4.79 Å². The van der Waals surface area contributed by atoms with Crippen LogP contribution in [0.15, 0.2) is 18.3 Å². The molecule has 1 N–H and O–H groups in total. The summed E-state index contributed by atoms with van der Waals surface area (Å²) in [5.74, 6) is 0. The highest BCUT2D eigenvalue weighted by Gasteiger charge is 2.51. The summed E-state index contributed by atoms with van der Waals surface area (Å²) in [6.45, 7) is 15.7. The second kappa shape index (κ2) is 7.32. The average Bonchev–Trinajstić information content (AvgIpc) is 2.81. The van der Waals surface area contributed by atoms with Crippen molar-refractivity contribution >= 4 is 18.7 Å². The molecule has 0 aliphatic carbocycles. The van der Waals surface area contributed by atoms with Crippen LogP contribution in [0.2, 0.25) is 0 Å². The fraction of sp³-hybridized carbons (Fsp3) is 0.700. The first-order valence-electron chi connectivity index (χ1n) is 9.91. The van der Waals surface area contributed by atoms with E-state index < -0.39 is 23.9 Å². The Morgan fingerprint density at radius 1 is 1.29 bits per heavy atom. The molecule has 1 amide bonds. The zero-order valence-corrected chi connectivity index (χ0v) is 18.0. The molecule has 3 heterocycles. The van der Waals surface area contributed by atoms with E-state index in [4.69, 9.17) is 14.0 Å². The van der Waals surface area contributed by atoms with Crippen LogP contribution in [0.1, 0.15) is 60.2 Å². The van der Waals surface area contributed by atoms with Crippen LogP contribution in [0.25, 0.3) is 0 Å². The van der Waals surface area contributed by atoms with Gasteiger partial charge in [-0.2, -0.15) is 0 Å². The van der Waals surface area contributed by atoms with E-state index >= 15 is 0 Å². The minimum atomic E-state index is -0.537. The quantitative estimate of drug-likeness (QED) is 0.783. The summed E-state index contributed by atoms with van der Waals surface area (Å²) in [5, 5.41) is 3.34. The Morgan fingerprint density at radius 2 is 1.93 bits per heavy atom. The van der Waals surface area contributed by atoms with Gasteiger partial charge in [-0.25, -0.2) is 4.79 Å². The third-order valence-electron chi connectivity index (χ3n) is 5.54. The van der Waals surface area contributed by atoms with Gasteiger partial charge in [0.15, 0.2) is 0 Å². The number of amides is 1. The van der Waals surface area contributed by atoms with Gasteiger partial charge in [-0.05, 0) is 66.1 Å². The molecule has 3 rings (SSSR count). The lowest BCUT2D eigenvalue weighted by Crippen LogP contribution is -2.50. The van der Waals surface area contributed by atoms with E-state index in [1.807, 2.05) is 60.6 Å². The number of aromatic nitrogens is 1. The van der Waals surface area contributed by atoms with Crippen LogP contribution < -0.4 is 10.8 Å². The van der Waals surface area contributed by atoms with Crippen molar-refractivity contribution in [2.75, 3.05) is 19.6 Å². The summed E-state index contributed by atoms with van der Waals surface area (Å²) in [6.07, 6.45) is 1.43. The van der Waals surface area contributed by atoms with Gasteiger partial charge in [-0.3, -0.25) is 9.88 Å². The van der Waals surface area contributed by atoms with Crippen molar-refractivity contribution in [2.24, 2.45) is 0 Å². The summed E-state index contributed by atoms with van der Waals surface area (Å²) in [6, 6.07) is 3.67. The van der Waals surface area contributed by atoms with Gasteiger partial charge in [0.2, 0.25) is 0 Å². The van der Waals surface area contributed by atoms with Crippen LogP contribution >= 0.6 is 0 Å².